The lowest BCUT2D eigenvalue weighted by molar-refractivity contribution is 0.683. The van der Waals surface area contributed by atoms with Gasteiger partial charge in [-0.15, -0.1) is 0 Å². The van der Waals surface area contributed by atoms with E-state index in [1.54, 1.807) is 0 Å². The van der Waals surface area contributed by atoms with E-state index in [0.29, 0.717) is 5.92 Å². The Morgan fingerprint density at radius 2 is 2.10 bits per heavy atom. The van der Waals surface area contributed by atoms with Crippen LogP contribution in [0.25, 0.3) is 16.5 Å². The molecule has 0 spiro atoms. The normalized spacial score (nSPS) is 11.2. The van der Waals surface area contributed by atoms with Gasteiger partial charge in [0.25, 0.3) is 0 Å². The molecule has 108 valence electrons. The Balaban J connectivity index is 2.10. The molecule has 21 heavy (non-hydrogen) atoms. The van der Waals surface area contributed by atoms with Crippen molar-refractivity contribution in [1.29, 1.82) is 0 Å². The fraction of sp³-hybridized carbons (Fsp3) is 0.294. The van der Waals surface area contributed by atoms with Gasteiger partial charge in [-0.3, -0.25) is 9.55 Å². The van der Waals surface area contributed by atoms with Gasteiger partial charge in [-0.2, -0.15) is 0 Å². The molecule has 0 aliphatic heterocycles. The number of nitrogens with zero attached hydrogens (tertiary/aromatic N) is 3. The van der Waals surface area contributed by atoms with Crippen LogP contribution >= 0.6 is 0 Å². The largest absolute Gasteiger partial charge is 0.355 e. The molecule has 0 atom stereocenters. The van der Waals surface area contributed by atoms with Crippen molar-refractivity contribution in [3.05, 3.63) is 48.5 Å². The molecule has 3 rings (SSSR count). The number of hydrogen-bond acceptors (Lipinski definition) is 3. The smallest absolute Gasteiger partial charge is 0.207 e. The van der Waals surface area contributed by atoms with Crippen LogP contribution in [0.3, 0.4) is 0 Å². The number of aryl methyl sites for hydroxylation is 1. The van der Waals surface area contributed by atoms with Crippen LogP contribution in [-0.2, 0) is 0 Å². The Morgan fingerprint density at radius 1 is 1.24 bits per heavy atom. The second kappa shape index (κ2) is 5.56. The lowest BCUT2D eigenvalue weighted by Crippen LogP contribution is -2.12. The fourth-order valence-corrected chi connectivity index (χ4v) is 2.42. The first-order valence-electron chi connectivity index (χ1n) is 7.28. The van der Waals surface area contributed by atoms with Crippen LogP contribution in [0.15, 0.2) is 42.9 Å². The molecular weight excluding hydrogens is 260 g/mol. The summed E-state index contributed by atoms with van der Waals surface area (Å²) < 4.78 is 2.13. The molecule has 0 amide bonds. The SMILES string of the molecule is Cc1cn(-c2cccc3cnccc23)c(NCC(C)C)n1. The molecule has 4 heteroatoms. The van der Waals surface area contributed by atoms with Gasteiger partial charge < -0.3 is 5.32 Å². The van der Waals surface area contributed by atoms with Crippen molar-refractivity contribution in [2.24, 2.45) is 5.92 Å². The molecule has 0 saturated carbocycles. The average Bonchev–Trinajstić information content (AvgIpc) is 2.85. The van der Waals surface area contributed by atoms with Gasteiger partial charge in [-0.1, -0.05) is 26.0 Å². The predicted octanol–water partition coefficient (Wildman–Crippen LogP) is 3.80. The third-order valence-electron chi connectivity index (χ3n) is 3.41. The van der Waals surface area contributed by atoms with Crippen molar-refractivity contribution in [1.82, 2.24) is 14.5 Å². The zero-order valence-corrected chi connectivity index (χ0v) is 12.7. The van der Waals surface area contributed by atoms with Gasteiger partial charge in [-0.25, -0.2) is 4.98 Å². The van der Waals surface area contributed by atoms with E-state index in [0.717, 1.165) is 29.3 Å². The summed E-state index contributed by atoms with van der Waals surface area (Å²) in [7, 11) is 0. The standard InChI is InChI=1S/C17H20N4/c1-12(2)9-19-17-20-13(3)11-21(17)16-6-4-5-14-10-18-8-7-15(14)16/h4-8,10-12H,9H2,1-3H3,(H,19,20). The van der Waals surface area contributed by atoms with Gasteiger partial charge in [0.2, 0.25) is 5.95 Å². The number of aromatic nitrogens is 3. The summed E-state index contributed by atoms with van der Waals surface area (Å²) in [6.07, 6.45) is 5.79. The molecule has 0 aliphatic carbocycles. The Labute approximate surface area is 124 Å². The van der Waals surface area contributed by atoms with E-state index in [2.05, 4.69) is 58.1 Å². The summed E-state index contributed by atoms with van der Waals surface area (Å²) in [5.74, 6) is 1.47. The Kier molecular flexibility index (Phi) is 3.60. The number of anilines is 1. The van der Waals surface area contributed by atoms with E-state index in [9.17, 15) is 0 Å². The first kappa shape index (κ1) is 13.6. The van der Waals surface area contributed by atoms with Crippen LogP contribution in [0.4, 0.5) is 5.95 Å². The van der Waals surface area contributed by atoms with Crippen molar-refractivity contribution in [3.8, 4) is 5.69 Å². The van der Waals surface area contributed by atoms with Crippen molar-refractivity contribution in [2.45, 2.75) is 20.8 Å². The van der Waals surface area contributed by atoms with Gasteiger partial charge in [0.05, 0.1) is 11.4 Å². The highest BCUT2D eigenvalue weighted by Crippen LogP contribution is 2.25. The highest BCUT2D eigenvalue weighted by Gasteiger charge is 2.10. The maximum atomic E-state index is 4.60. The summed E-state index contributed by atoms with van der Waals surface area (Å²) in [6, 6.07) is 8.30. The molecule has 0 saturated heterocycles. The van der Waals surface area contributed by atoms with Crippen LogP contribution in [0.5, 0.6) is 0 Å². The lowest BCUT2D eigenvalue weighted by Gasteiger charge is -2.13. The van der Waals surface area contributed by atoms with Crippen LogP contribution in [-0.4, -0.2) is 21.1 Å². The number of rotatable bonds is 4. The van der Waals surface area contributed by atoms with Gasteiger partial charge >= 0.3 is 0 Å². The second-order valence-electron chi connectivity index (χ2n) is 5.72. The van der Waals surface area contributed by atoms with E-state index in [1.165, 1.54) is 5.39 Å². The molecule has 2 aromatic heterocycles. The molecule has 3 aromatic rings. The number of benzene rings is 1. The second-order valence-corrected chi connectivity index (χ2v) is 5.72. The van der Waals surface area contributed by atoms with Gasteiger partial charge in [0.15, 0.2) is 0 Å². The van der Waals surface area contributed by atoms with Gasteiger partial charge in [-0.05, 0) is 25.0 Å². The molecule has 4 nitrogen and oxygen atoms in total. The van der Waals surface area contributed by atoms with Crippen LogP contribution in [0.2, 0.25) is 0 Å². The molecule has 1 N–H and O–H groups in total. The van der Waals surface area contributed by atoms with Crippen LogP contribution in [0.1, 0.15) is 19.5 Å². The monoisotopic (exact) mass is 280 g/mol. The first-order valence-corrected chi connectivity index (χ1v) is 7.28. The van der Waals surface area contributed by atoms with Crippen molar-refractivity contribution in [2.75, 3.05) is 11.9 Å². The number of imidazole rings is 1. The third kappa shape index (κ3) is 2.75. The van der Waals surface area contributed by atoms with Gasteiger partial charge in [0, 0.05) is 35.9 Å². The number of fused-ring (bicyclic) bond motifs is 1. The highest BCUT2D eigenvalue weighted by molar-refractivity contribution is 5.89. The molecule has 0 radical (unpaired) electrons. The summed E-state index contributed by atoms with van der Waals surface area (Å²) in [4.78, 5) is 8.80. The number of pyridine rings is 1. The first-order chi connectivity index (χ1) is 10.1. The summed E-state index contributed by atoms with van der Waals surface area (Å²) in [5.41, 5.74) is 2.13. The maximum absolute atomic E-state index is 4.60. The molecule has 2 heterocycles. The fourth-order valence-electron chi connectivity index (χ4n) is 2.42. The topological polar surface area (TPSA) is 42.7 Å². The lowest BCUT2D eigenvalue weighted by atomic mass is 10.1. The molecule has 0 unspecified atom stereocenters. The maximum Gasteiger partial charge on any atom is 0.207 e. The molecule has 0 bridgehead atoms. The van der Waals surface area contributed by atoms with E-state index in [-0.39, 0.29) is 0 Å². The van der Waals surface area contributed by atoms with Crippen molar-refractivity contribution >= 4 is 16.7 Å². The number of hydrogen-bond donors (Lipinski definition) is 1. The van der Waals surface area contributed by atoms with Gasteiger partial charge in [0.1, 0.15) is 0 Å². The average molecular weight is 280 g/mol. The summed E-state index contributed by atoms with van der Waals surface area (Å²) in [5, 5.41) is 5.75. The van der Waals surface area contributed by atoms with E-state index >= 15 is 0 Å². The molecule has 1 aromatic carbocycles. The minimum absolute atomic E-state index is 0.576. The zero-order valence-electron chi connectivity index (χ0n) is 12.7. The Morgan fingerprint density at radius 3 is 2.90 bits per heavy atom. The molecule has 0 aliphatic rings. The third-order valence-corrected chi connectivity index (χ3v) is 3.41. The molecular formula is C17H20N4. The predicted molar refractivity (Wildman–Crippen MR) is 86.9 cm³/mol. The van der Waals surface area contributed by atoms with Crippen molar-refractivity contribution in [3.63, 3.8) is 0 Å². The number of nitrogens with one attached hydrogen (secondary N) is 1. The minimum atomic E-state index is 0.576. The molecule has 0 fully saturated rings. The van der Waals surface area contributed by atoms with Crippen molar-refractivity contribution < 1.29 is 0 Å². The highest BCUT2D eigenvalue weighted by atomic mass is 15.2. The Hall–Kier alpha value is -2.36. The van der Waals surface area contributed by atoms with E-state index in [4.69, 9.17) is 0 Å². The zero-order chi connectivity index (χ0) is 14.8. The minimum Gasteiger partial charge on any atom is -0.355 e. The Bertz CT molecular complexity index is 753. The summed E-state index contributed by atoms with van der Waals surface area (Å²) in [6.45, 7) is 7.31. The van der Waals surface area contributed by atoms with Crippen LogP contribution in [0, 0.1) is 12.8 Å². The quantitative estimate of drug-likeness (QED) is 0.790. The van der Waals surface area contributed by atoms with E-state index in [1.807, 2.05) is 25.4 Å². The summed E-state index contributed by atoms with van der Waals surface area (Å²) >= 11 is 0. The van der Waals surface area contributed by atoms with E-state index < -0.39 is 0 Å². The van der Waals surface area contributed by atoms with Crippen LogP contribution < -0.4 is 5.32 Å².